The number of carbonyl (C=O) groups is 1. The molecule has 0 saturated heterocycles. The first-order valence-corrected chi connectivity index (χ1v) is 8.60. The summed E-state index contributed by atoms with van der Waals surface area (Å²) in [5, 5.41) is 7.73. The van der Waals surface area contributed by atoms with Gasteiger partial charge in [-0.15, -0.1) is 0 Å². The number of nitrogens with one attached hydrogen (secondary N) is 1. The molecule has 0 aliphatic carbocycles. The van der Waals surface area contributed by atoms with Crippen LogP contribution in [0, 0.1) is 6.92 Å². The van der Waals surface area contributed by atoms with Crippen molar-refractivity contribution in [3.8, 4) is 0 Å². The second-order valence-corrected chi connectivity index (χ2v) is 6.40. The predicted molar refractivity (Wildman–Crippen MR) is 97.0 cm³/mol. The van der Waals surface area contributed by atoms with Crippen LogP contribution in [-0.2, 0) is 12.7 Å². The molecule has 9 heteroatoms. The number of aromatic nitrogens is 3. The van der Waals surface area contributed by atoms with E-state index in [9.17, 15) is 18.0 Å². The fourth-order valence-corrected chi connectivity index (χ4v) is 3.10. The largest absolute Gasteiger partial charge is 0.416 e. The monoisotopic (exact) mass is 396 g/mol. The Labute approximate surface area is 158 Å². The third-order valence-corrected chi connectivity index (χ3v) is 4.42. The van der Waals surface area contributed by atoms with Gasteiger partial charge in [-0.2, -0.15) is 18.3 Å². The lowest BCUT2D eigenvalue weighted by atomic mass is 10.1. The molecule has 0 radical (unpaired) electrons. The average molecular weight is 397 g/mol. The molecule has 1 amide bonds. The third-order valence-electron chi connectivity index (χ3n) is 4.02. The van der Waals surface area contributed by atoms with Crippen molar-refractivity contribution in [3.63, 3.8) is 0 Å². The number of hydrogen-bond acceptors (Lipinski definition) is 3. The molecule has 1 N–H and O–H groups in total. The van der Waals surface area contributed by atoms with Gasteiger partial charge in [0.25, 0.3) is 5.91 Å². The smallest absolute Gasteiger partial charge is 0.322 e. The number of benzene rings is 1. The van der Waals surface area contributed by atoms with Gasteiger partial charge in [-0.05, 0) is 37.6 Å². The summed E-state index contributed by atoms with van der Waals surface area (Å²) in [5.74, 6) is -0.559. The van der Waals surface area contributed by atoms with E-state index in [1.165, 1.54) is 18.3 Å². The maximum absolute atomic E-state index is 12.6. The van der Waals surface area contributed by atoms with Crippen molar-refractivity contribution in [2.75, 3.05) is 5.32 Å². The highest BCUT2D eigenvalue weighted by molar-refractivity contribution is 6.39. The molecule has 0 aliphatic rings. The van der Waals surface area contributed by atoms with Crippen molar-refractivity contribution >= 4 is 34.2 Å². The van der Waals surface area contributed by atoms with E-state index in [1.807, 2.05) is 6.92 Å². The number of carbonyl (C=O) groups excluding carboxylic acids is 1. The first-order valence-electron chi connectivity index (χ1n) is 8.22. The van der Waals surface area contributed by atoms with Gasteiger partial charge in [-0.25, -0.2) is 9.67 Å². The number of amides is 1. The van der Waals surface area contributed by atoms with E-state index in [-0.39, 0.29) is 16.3 Å². The van der Waals surface area contributed by atoms with E-state index in [0.717, 1.165) is 18.6 Å². The van der Waals surface area contributed by atoms with Gasteiger partial charge in [0.1, 0.15) is 0 Å². The average Bonchev–Trinajstić information content (AvgIpc) is 2.92. The summed E-state index contributed by atoms with van der Waals surface area (Å²) in [5.41, 5.74) is 0.803. The SMILES string of the molecule is CCCn1nc(C)c2c(Cl)c(C(=O)Nc3ccc(C(F)(F)F)cc3)cnc21. The molecule has 0 fully saturated rings. The van der Waals surface area contributed by atoms with Crippen molar-refractivity contribution in [2.45, 2.75) is 33.0 Å². The summed E-state index contributed by atoms with van der Waals surface area (Å²) in [7, 11) is 0. The number of hydrogen-bond donors (Lipinski definition) is 1. The molecule has 0 saturated carbocycles. The lowest BCUT2D eigenvalue weighted by Crippen LogP contribution is -2.13. The molecule has 2 aromatic heterocycles. The molecule has 0 bridgehead atoms. The molecular weight excluding hydrogens is 381 g/mol. The second-order valence-electron chi connectivity index (χ2n) is 6.02. The number of alkyl halides is 3. The lowest BCUT2D eigenvalue weighted by Gasteiger charge is -2.10. The Morgan fingerprint density at radius 2 is 1.93 bits per heavy atom. The van der Waals surface area contributed by atoms with Gasteiger partial charge in [0.15, 0.2) is 5.65 Å². The number of fused-ring (bicyclic) bond motifs is 1. The third kappa shape index (κ3) is 3.75. The van der Waals surface area contributed by atoms with Crippen molar-refractivity contribution in [3.05, 3.63) is 52.3 Å². The molecule has 0 spiro atoms. The number of aryl methyl sites for hydroxylation is 2. The summed E-state index contributed by atoms with van der Waals surface area (Å²) in [6.07, 6.45) is -2.22. The highest BCUT2D eigenvalue weighted by Crippen LogP contribution is 2.31. The molecule has 0 aliphatic heterocycles. The molecule has 1 aromatic carbocycles. The van der Waals surface area contributed by atoms with Crippen molar-refractivity contribution in [1.29, 1.82) is 0 Å². The normalized spacial score (nSPS) is 11.8. The van der Waals surface area contributed by atoms with Crippen LogP contribution < -0.4 is 5.32 Å². The number of anilines is 1. The first-order chi connectivity index (χ1) is 12.7. The zero-order chi connectivity index (χ0) is 19.8. The highest BCUT2D eigenvalue weighted by Gasteiger charge is 2.30. The van der Waals surface area contributed by atoms with Gasteiger partial charge in [0.2, 0.25) is 0 Å². The first kappa shape index (κ1) is 19.2. The van der Waals surface area contributed by atoms with Gasteiger partial charge in [0, 0.05) is 18.4 Å². The van der Waals surface area contributed by atoms with Gasteiger partial charge in [-0.3, -0.25) is 4.79 Å². The molecular formula is C18H16ClF3N4O. The van der Waals surface area contributed by atoms with Gasteiger partial charge in [0.05, 0.1) is 27.2 Å². The Kier molecular flexibility index (Phi) is 5.10. The summed E-state index contributed by atoms with van der Waals surface area (Å²) in [6, 6.07) is 4.17. The van der Waals surface area contributed by atoms with Crippen LogP contribution in [0.4, 0.5) is 18.9 Å². The van der Waals surface area contributed by atoms with Crippen LogP contribution in [0.3, 0.4) is 0 Å². The minimum Gasteiger partial charge on any atom is -0.322 e. The molecule has 142 valence electrons. The predicted octanol–water partition coefficient (Wildman–Crippen LogP) is 5.07. The molecule has 5 nitrogen and oxygen atoms in total. The van der Waals surface area contributed by atoms with Crippen LogP contribution >= 0.6 is 11.6 Å². The van der Waals surface area contributed by atoms with Crippen molar-refractivity contribution in [2.24, 2.45) is 0 Å². The topological polar surface area (TPSA) is 59.8 Å². The summed E-state index contributed by atoms with van der Waals surface area (Å²) >= 11 is 6.40. The Hall–Kier alpha value is -2.61. The van der Waals surface area contributed by atoms with Gasteiger partial charge < -0.3 is 5.32 Å². The Morgan fingerprint density at radius 1 is 1.26 bits per heavy atom. The van der Waals surface area contributed by atoms with Crippen LogP contribution in [0.25, 0.3) is 11.0 Å². The number of rotatable bonds is 4. The molecule has 3 rings (SSSR count). The van der Waals surface area contributed by atoms with E-state index in [1.54, 1.807) is 11.6 Å². The minimum absolute atomic E-state index is 0.128. The van der Waals surface area contributed by atoms with Crippen LogP contribution in [-0.4, -0.2) is 20.7 Å². The minimum atomic E-state index is -4.43. The fraction of sp³-hybridized carbons (Fsp3) is 0.278. The number of nitrogens with zero attached hydrogens (tertiary/aromatic N) is 3. The second kappa shape index (κ2) is 7.19. The van der Waals surface area contributed by atoms with Crippen LogP contribution in [0.5, 0.6) is 0 Å². The zero-order valence-electron chi connectivity index (χ0n) is 14.6. The van der Waals surface area contributed by atoms with Crippen molar-refractivity contribution in [1.82, 2.24) is 14.8 Å². The van der Waals surface area contributed by atoms with E-state index in [4.69, 9.17) is 11.6 Å². The van der Waals surface area contributed by atoms with Gasteiger partial charge >= 0.3 is 6.18 Å². The fourth-order valence-electron chi connectivity index (χ4n) is 2.74. The Morgan fingerprint density at radius 3 is 2.52 bits per heavy atom. The van der Waals surface area contributed by atoms with E-state index >= 15 is 0 Å². The molecule has 2 heterocycles. The molecule has 0 atom stereocenters. The standard InChI is InChI=1S/C18H16ClF3N4O/c1-3-8-26-16-14(10(2)25-26)15(19)13(9-23-16)17(27)24-12-6-4-11(5-7-12)18(20,21)22/h4-7,9H,3,8H2,1-2H3,(H,24,27). The summed E-state index contributed by atoms with van der Waals surface area (Å²) in [4.78, 5) is 16.8. The summed E-state index contributed by atoms with van der Waals surface area (Å²) < 4.78 is 39.6. The van der Waals surface area contributed by atoms with E-state index in [0.29, 0.717) is 23.3 Å². The molecule has 3 aromatic rings. The van der Waals surface area contributed by atoms with Crippen molar-refractivity contribution < 1.29 is 18.0 Å². The molecule has 27 heavy (non-hydrogen) atoms. The summed E-state index contributed by atoms with van der Waals surface area (Å²) in [6.45, 7) is 4.46. The van der Waals surface area contributed by atoms with E-state index < -0.39 is 17.6 Å². The van der Waals surface area contributed by atoms with E-state index in [2.05, 4.69) is 15.4 Å². The Balaban J connectivity index is 1.90. The van der Waals surface area contributed by atoms with Gasteiger partial charge in [-0.1, -0.05) is 18.5 Å². The van der Waals surface area contributed by atoms with Crippen LogP contribution in [0.15, 0.2) is 30.5 Å². The van der Waals surface area contributed by atoms with Crippen LogP contribution in [0.2, 0.25) is 5.02 Å². The molecule has 0 unspecified atom stereocenters. The number of pyridine rings is 1. The maximum atomic E-state index is 12.6. The quantitative estimate of drug-likeness (QED) is 0.669. The number of halogens is 4. The maximum Gasteiger partial charge on any atom is 0.416 e. The van der Waals surface area contributed by atoms with Crippen LogP contribution in [0.1, 0.15) is 35.0 Å². The Bertz CT molecular complexity index is 996. The highest BCUT2D eigenvalue weighted by atomic mass is 35.5. The zero-order valence-corrected chi connectivity index (χ0v) is 15.3. The lowest BCUT2D eigenvalue weighted by molar-refractivity contribution is -0.137.